The molecule has 154 valence electrons. The van der Waals surface area contributed by atoms with Crippen molar-refractivity contribution < 1.29 is 22.4 Å². The van der Waals surface area contributed by atoms with E-state index in [1.807, 2.05) is 13.0 Å². The molecular formula is C20H21ClN2O5S. The highest BCUT2D eigenvalue weighted by atomic mass is 35.5. The first-order valence-electron chi connectivity index (χ1n) is 9.10. The molecule has 0 saturated carbocycles. The number of oxazole rings is 1. The number of aryl methyl sites for hydroxylation is 1. The van der Waals surface area contributed by atoms with Crippen LogP contribution in [-0.4, -0.2) is 31.7 Å². The number of carbonyl (C=O) groups excluding carboxylic acids is 1. The number of hydrogen-bond acceptors (Lipinski definition) is 6. The predicted molar refractivity (Wildman–Crippen MR) is 111 cm³/mol. The number of benzene rings is 2. The molecule has 0 aliphatic carbocycles. The first-order chi connectivity index (χ1) is 13.8. The van der Waals surface area contributed by atoms with Crippen LogP contribution in [-0.2, 0) is 14.6 Å². The second kappa shape index (κ2) is 8.84. The average Bonchev–Trinajstić information content (AvgIpc) is 3.07. The second-order valence-electron chi connectivity index (χ2n) is 6.46. The molecule has 1 aromatic heterocycles. The van der Waals surface area contributed by atoms with Crippen LogP contribution < -0.4 is 10.1 Å². The quantitative estimate of drug-likeness (QED) is 0.526. The van der Waals surface area contributed by atoms with Crippen LogP contribution in [0.5, 0.6) is 5.75 Å². The van der Waals surface area contributed by atoms with Crippen LogP contribution in [0, 0.1) is 6.92 Å². The Morgan fingerprint density at radius 2 is 2.03 bits per heavy atom. The number of anilines is 1. The molecule has 9 heteroatoms. The monoisotopic (exact) mass is 436 g/mol. The van der Waals surface area contributed by atoms with Gasteiger partial charge in [0.2, 0.25) is 5.91 Å². The number of sulfone groups is 1. The minimum absolute atomic E-state index is 0.00241. The lowest BCUT2D eigenvalue weighted by atomic mass is 10.2. The van der Waals surface area contributed by atoms with Gasteiger partial charge in [-0.3, -0.25) is 10.1 Å². The van der Waals surface area contributed by atoms with Crippen molar-refractivity contribution in [1.82, 2.24) is 4.98 Å². The second-order valence-corrected chi connectivity index (χ2v) is 9.18. The number of halogens is 1. The fourth-order valence-electron chi connectivity index (χ4n) is 2.69. The Morgan fingerprint density at radius 3 is 2.76 bits per heavy atom. The third-order valence-corrected chi connectivity index (χ3v) is 6.25. The van der Waals surface area contributed by atoms with Crippen molar-refractivity contribution in [2.75, 3.05) is 17.7 Å². The molecule has 0 fully saturated rings. The fraction of sp³-hybridized carbons (Fsp3) is 0.300. The summed E-state index contributed by atoms with van der Waals surface area (Å²) in [6.45, 7) is 3.85. The molecule has 0 saturated heterocycles. The summed E-state index contributed by atoms with van der Waals surface area (Å²) in [5.74, 6) is 0.457. The summed E-state index contributed by atoms with van der Waals surface area (Å²) in [5.41, 5.74) is 1.70. The van der Waals surface area contributed by atoms with Crippen molar-refractivity contribution in [1.29, 1.82) is 0 Å². The van der Waals surface area contributed by atoms with Crippen LogP contribution in [0.4, 0.5) is 6.01 Å². The summed E-state index contributed by atoms with van der Waals surface area (Å²) in [6.07, 6.45) is 0.730. The zero-order chi connectivity index (χ0) is 21.0. The Morgan fingerprint density at radius 1 is 1.24 bits per heavy atom. The van der Waals surface area contributed by atoms with E-state index < -0.39 is 9.84 Å². The summed E-state index contributed by atoms with van der Waals surface area (Å²) < 4.78 is 35.1. The van der Waals surface area contributed by atoms with Gasteiger partial charge in [-0.05, 0) is 55.3 Å². The molecule has 3 rings (SSSR count). The molecule has 0 bridgehead atoms. The number of nitrogens with one attached hydrogen (secondary N) is 1. The maximum Gasteiger partial charge on any atom is 0.302 e. The van der Waals surface area contributed by atoms with Gasteiger partial charge in [-0.15, -0.1) is 0 Å². The van der Waals surface area contributed by atoms with Gasteiger partial charge in [0.1, 0.15) is 11.3 Å². The minimum atomic E-state index is -3.34. The van der Waals surface area contributed by atoms with Gasteiger partial charge >= 0.3 is 6.01 Å². The zero-order valence-corrected chi connectivity index (χ0v) is 17.6. The van der Waals surface area contributed by atoms with Crippen LogP contribution in [0.3, 0.4) is 0 Å². The van der Waals surface area contributed by atoms with E-state index in [4.69, 9.17) is 20.8 Å². The number of rotatable bonds is 8. The van der Waals surface area contributed by atoms with Gasteiger partial charge in [0.15, 0.2) is 15.4 Å². The molecule has 0 spiro atoms. The highest BCUT2D eigenvalue weighted by molar-refractivity contribution is 7.91. The molecule has 29 heavy (non-hydrogen) atoms. The maximum absolute atomic E-state index is 12.1. The zero-order valence-electron chi connectivity index (χ0n) is 16.1. The maximum atomic E-state index is 12.1. The van der Waals surface area contributed by atoms with Gasteiger partial charge in [-0.2, -0.15) is 4.98 Å². The van der Waals surface area contributed by atoms with Crippen molar-refractivity contribution >= 4 is 44.5 Å². The third kappa shape index (κ3) is 5.27. The fourth-order valence-corrected chi connectivity index (χ4v) is 3.82. The molecule has 3 aromatic rings. The van der Waals surface area contributed by atoms with Gasteiger partial charge in [-0.1, -0.05) is 18.5 Å². The number of amides is 1. The summed E-state index contributed by atoms with van der Waals surface area (Å²) in [4.78, 5) is 16.4. The molecule has 0 radical (unpaired) electrons. The van der Waals surface area contributed by atoms with Crippen molar-refractivity contribution in [2.45, 2.75) is 31.6 Å². The van der Waals surface area contributed by atoms with E-state index >= 15 is 0 Å². The van der Waals surface area contributed by atoms with E-state index in [1.165, 1.54) is 18.2 Å². The Bertz CT molecular complexity index is 1140. The average molecular weight is 437 g/mol. The summed E-state index contributed by atoms with van der Waals surface area (Å²) in [7, 11) is -3.34. The van der Waals surface area contributed by atoms with Gasteiger partial charge in [0.05, 0.1) is 17.3 Å². The normalized spacial score (nSPS) is 11.6. The molecule has 2 aromatic carbocycles. The van der Waals surface area contributed by atoms with Gasteiger partial charge < -0.3 is 9.15 Å². The number of hydrogen-bond donors (Lipinski definition) is 1. The van der Waals surface area contributed by atoms with Crippen LogP contribution in [0.2, 0.25) is 5.02 Å². The van der Waals surface area contributed by atoms with E-state index in [2.05, 4.69) is 10.3 Å². The Kier molecular flexibility index (Phi) is 6.44. The molecule has 1 N–H and O–H groups in total. The molecule has 0 aliphatic heterocycles. The molecule has 7 nitrogen and oxygen atoms in total. The number of aromatic nitrogens is 1. The third-order valence-electron chi connectivity index (χ3n) is 4.29. The Labute approximate surface area is 173 Å². The SMILES string of the molecule is CCS(=O)(=O)c1ccc2oc(NC(=O)CCCOc3ccc(Cl)cc3C)nc2c1. The van der Waals surface area contributed by atoms with Crippen molar-refractivity contribution in [2.24, 2.45) is 0 Å². The van der Waals surface area contributed by atoms with E-state index in [-0.39, 0.29) is 29.0 Å². The summed E-state index contributed by atoms with van der Waals surface area (Å²) in [5, 5.41) is 3.23. The summed E-state index contributed by atoms with van der Waals surface area (Å²) >= 11 is 5.91. The van der Waals surface area contributed by atoms with Gasteiger partial charge in [0.25, 0.3) is 0 Å². The molecule has 1 heterocycles. The standard InChI is InChI=1S/C20H21ClN2O5S/c1-3-29(25,26)15-7-9-18-16(12-15)22-20(28-18)23-19(24)5-4-10-27-17-8-6-14(21)11-13(17)2/h6-9,11-12H,3-5,10H2,1-2H3,(H,22,23,24). The lowest BCUT2D eigenvalue weighted by Gasteiger charge is -2.09. The van der Waals surface area contributed by atoms with Crippen molar-refractivity contribution in [3.63, 3.8) is 0 Å². The lowest BCUT2D eigenvalue weighted by molar-refractivity contribution is -0.116. The predicted octanol–water partition coefficient (Wildman–Crippen LogP) is 4.38. The van der Waals surface area contributed by atoms with E-state index in [9.17, 15) is 13.2 Å². The highest BCUT2D eigenvalue weighted by Crippen LogP contribution is 2.24. The Hall–Kier alpha value is -2.58. The van der Waals surface area contributed by atoms with Crippen molar-refractivity contribution in [3.8, 4) is 5.75 Å². The molecule has 0 aliphatic rings. The van der Waals surface area contributed by atoms with Crippen LogP contribution in [0.1, 0.15) is 25.3 Å². The number of fused-ring (bicyclic) bond motifs is 1. The van der Waals surface area contributed by atoms with Gasteiger partial charge in [-0.25, -0.2) is 8.42 Å². The molecule has 0 unspecified atom stereocenters. The smallest absolute Gasteiger partial charge is 0.302 e. The van der Waals surface area contributed by atoms with E-state index in [0.29, 0.717) is 29.2 Å². The Balaban J connectivity index is 1.54. The van der Waals surface area contributed by atoms with Crippen LogP contribution >= 0.6 is 11.6 Å². The number of carbonyl (C=O) groups is 1. The summed E-state index contributed by atoms with van der Waals surface area (Å²) in [6, 6.07) is 9.83. The largest absolute Gasteiger partial charge is 0.493 e. The highest BCUT2D eigenvalue weighted by Gasteiger charge is 2.15. The first-order valence-corrected chi connectivity index (χ1v) is 11.1. The molecular weight excluding hydrogens is 416 g/mol. The van der Waals surface area contributed by atoms with Crippen LogP contribution in [0.15, 0.2) is 45.7 Å². The topological polar surface area (TPSA) is 98.5 Å². The van der Waals surface area contributed by atoms with E-state index in [0.717, 1.165) is 11.3 Å². The molecule has 0 atom stereocenters. The minimum Gasteiger partial charge on any atom is -0.493 e. The number of nitrogens with zero attached hydrogens (tertiary/aromatic N) is 1. The van der Waals surface area contributed by atoms with Crippen LogP contribution in [0.25, 0.3) is 11.1 Å². The van der Waals surface area contributed by atoms with E-state index in [1.54, 1.807) is 19.1 Å². The first kappa shape index (κ1) is 21.1. The van der Waals surface area contributed by atoms with Crippen molar-refractivity contribution in [3.05, 3.63) is 47.0 Å². The molecule has 1 amide bonds. The number of ether oxygens (including phenoxy) is 1. The van der Waals surface area contributed by atoms with Gasteiger partial charge in [0, 0.05) is 11.4 Å². The lowest BCUT2D eigenvalue weighted by Crippen LogP contribution is -2.13.